The summed E-state index contributed by atoms with van der Waals surface area (Å²) in [4.78, 5) is 0. The lowest BCUT2D eigenvalue weighted by atomic mass is 9.79. The molecule has 2 fully saturated rings. The van der Waals surface area contributed by atoms with Crippen molar-refractivity contribution in [3.05, 3.63) is 71.7 Å². The first-order valence-electron chi connectivity index (χ1n) is 10.4. The molecule has 1 aliphatic carbocycles. The highest BCUT2D eigenvalue weighted by Gasteiger charge is 2.47. The predicted molar refractivity (Wildman–Crippen MR) is 111 cm³/mol. The maximum absolute atomic E-state index is 13.5. The van der Waals surface area contributed by atoms with Crippen molar-refractivity contribution in [1.29, 1.82) is 0 Å². The summed E-state index contributed by atoms with van der Waals surface area (Å²) in [5, 5.41) is 16.2. The minimum Gasteiger partial charge on any atom is -0.383 e. The number of hydrogen-bond acceptors (Lipinski definition) is 4. The number of hydrogen-bond donors (Lipinski definition) is 1. The molecule has 1 saturated heterocycles. The van der Waals surface area contributed by atoms with Crippen LogP contribution in [0.1, 0.15) is 36.9 Å². The van der Waals surface area contributed by atoms with Gasteiger partial charge in [-0.3, -0.25) is 0 Å². The number of rotatable bonds is 3. The molecular formula is C24H25FN2O3. The van der Waals surface area contributed by atoms with Crippen LogP contribution in [-0.4, -0.2) is 33.9 Å². The molecule has 0 amide bonds. The molecular weight excluding hydrogens is 383 g/mol. The summed E-state index contributed by atoms with van der Waals surface area (Å²) in [5.41, 5.74) is 3.33. The van der Waals surface area contributed by atoms with Gasteiger partial charge in [-0.1, -0.05) is 29.8 Å². The van der Waals surface area contributed by atoms with Gasteiger partial charge in [0.15, 0.2) is 5.79 Å². The van der Waals surface area contributed by atoms with Crippen LogP contribution in [-0.2, 0) is 15.1 Å². The molecule has 30 heavy (non-hydrogen) atoms. The Morgan fingerprint density at radius 2 is 1.57 bits per heavy atom. The lowest BCUT2D eigenvalue weighted by Gasteiger charge is -2.39. The first-order chi connectivity index (χ1) is 14.5. The van der Waals surface area contributed by atoms with Crippen LogP contribution < -0.4 is 0 Å². The van der Waals surface area contributed by atoms with Gasteiger partial charge in [0.05, 0.1) is 30.3 Å². The van der Waals surface area contributed by atoms with Gasteiger partial charge in [-0.25, -0.2) is 9.07 Å². The van der Waals surface area contributed by atoms with Crippen LogP contribution in [0, 0.1) is 12.7 Å². The van der Waals surface area contributed by atoms with E-state index in [0.717, 1.165) is 16.9 Å². The summed E-state index contributed by atoms with van der Waals surface area (Å²) in [6.45, 7) is 3.25. The van der Waals surface area contributed by atoms with Gasteiger partial charge in [-0.15, -0.1) is 0 Å². The minimum atomic E-state index is -1.05. The Kier molecular flexibility index (Phi) is 4.73. The summed E-state index contributed by atoms with van der Waals surface area (Å²) in [7, 11) is 0. The average Bonchev–Trinajstić information content (AvgIpc) is 3.40. The Morgan fingerprint density at radius 3 is 2.20 bits per heavy atom. The van der Waals surface area contributed by atoms with E-state index in [1.165, 1.54) is 17.7 Å². The molecule has 1 saturated carbocycles. The summed E-state index contributed by atoms with van der Waals surface area (Å²) in [6.07, 6.45) is 2.29. The van der Waals surface area contributed by atoms with Crippen molar-refractivity contribution >= 4 is 0 Å². The zero-order valence-corrected chi connectivity index (χ0v) is 17.0. The molecule has 5 rings (SSSR count). The summed E-state index contributed by atoms with van der Waals surface area (Å²) >= 11 is 0. The van der Waals surface area contributed by atoms with Crippen molar-refractivity contribution in [2.45, 2.75) is 44.0 Å². The number of ether oxygens (including phenoxy) is 2. The average molecular weight is 408 g/mol. The molecule has 0 unspecified atom stereocenters. The fourth-order valence-corrected chi connectivity index (χ4v) is 4.40. The van der Waals surface area contributed by atoms with E-state index in [0.29, 0.717) is 44.6 Å². The van der Waals surface area contributed by atoms with E-state index in [9.17, 15) is 9.50 Å². The number of aliphatic hydroxyl groups is 1. The lowest BCUT2D eigenvalue weighted by Crippen LogP contribution is -2.42. The van der Waals surface area contributed by atoms with E-state index in [1.54, 1.807) is 16.8 Å². The third-order valence-electron chi connectivity index (χ3n) is 6.26. The van der Waals surface area contributed by atoms with Gasteiger partial charge in [0.1, 0.15) is 11.4 Å². The van der Waals surface area contributed by atoms with E-state index >= 15 is 0 Å². The molecule has 1 N–H and O–H groups in total. The maximum atomic E-state index is 13.5. The number of benzene rings is 2. The van der Waals surface area contributed by atoms with Crippen LogP contribution in [0.25, 0.3) is 16.9 Å². The van der Waals surface area contributed by atoms with Crippen LogP contribution >= 0.6 is 0 Å². The smallest absolute Gasteiger partial charge is 0.168 e. The molecule has 1 aliphatic heterocycles. The van der Waals surface area contributed by atoms with Gasteiger partial charge in [0.25, 0.3) is 0 Å². The molecule has 0 atom stereocenters. The van der Waals surface area contributed by atoms with Gasteiger partial charge >= 0.3 is 0 Å². The summed E-state index contributed by atoms with van der Waals surface area (Å²) in [6, 6.07) is 16.4. The van der Waals surface area contributed by atoms with Crippen LogP contribution in [0.5, 0.6) is 0 Å². The standard InChI is InChI=1S/C24H25FN2O3/c1-17-2-4-18(5-3-17)21-16-22(26-27(21)20-8-6-19(25)7-9-20)23(28)10-12-24(13-11-23)29-14-15-30-24/h2-9,16,28H,10-15H2,1H3. The van der Waals surface area contributed by atoms with Gasteiger partial charge in [0, 0.05) is 18.4 Å². The molecule has 5 nitrogen and oxygen atoms in total. The Morgan fingerprint density at radius 1 is 0.933 bits per heavy atom. The number of aromatic nitrogens is 2. The van der Waals surface area contributed by atoms with Crippen LogP contribution in [0.15, 0.2) is 54.6 Å². The molecule has 0 radical (unpaired) electrons. The van der Waals surface area contributed by atoms with Crippen LogP contribution in [0.4, 0.5) is 4.39 Å². The van der Waals surface area contributed by atoms with E-state index in [2.05, 4.69) is 0 Å². The topological polar surface area (TPSA) is 56.5 Å². The Hall–Kier alpha value is -2.54. The van der Waals surface area contributed by atoms with Crippen molar-refractivity contribution in [2.24, 2.45) is 0 Å². The van der Waals surface area contributed by atoms with E-state index < -0.39 is 11.4 Å². The highest BCUT2D eigenvalue weighted by molar-refractivity contribution is 5.63. The van der Waals surface area contributed by atoms with Crippen LogP contribution in [0.3, 0.4) is 0 Å². The fraction of sp³-hybridized carbons (Fsp3) is 0.375. The SMILES string of the molecule is Cc1ccc(-c2cc(C3(O)CCC4(CC3)OCCO4)nn2-c2ccc(F)cc2)cc1. The first-order valence-corrected chi connectivity index (χ1v) is 10.4. The number of nitrogens with zero attached hydrogens (tertiary/aromatic N) is 2. The third kappa shape index (κ3) is 3.45. The van der Waals surface area contributed by atoms with E-state index in [1.807, 2.05) is 37.3 Å². The normalized spacial score (nSPS) is 20.0. The number of aryl methyl sites for hydroxylation is 1. The molecule has 1 spiro atoms. The second-order valence-electron chi connectivity index (χ2n) is 8.31. The molecule has 2 heterocycles. The molecule has 156 valence electrons. The molecule has 2 aromatic carbocycles. The third-order valence-corrected chi connectivity index (χ3v) is 6.26. The predicted octanol–water partition coefficient (Wildman–Crippen LogP) is 4.49. The highest BCUT2D eigenvalue weighted by atomic mass is 19.1. The highest BCUT2D eigenvalue weighted by Crippen LogP contribution is 2.45. The minimum absolute atomic E-state index is 0.296. The van der Waals surface area contributed by atoms with Gasteiger partial charge in [-0.05, 0) is 50.1 Å². The van der Waals surface area contributed by atoms with Crippen molar-refractivity contribution in [1.82, 2.24) is 9.78 Å². The molecule has 6 heteroatoms. The Balaban J connectivity index is 1.54. The summed E-state index contributed by atoms with van der Waals surface area (Å²) in [5.74, 6) is -0.846. The number of halogens is 1. The zero-order chi connectivity index (χ0) is 20.8. The largest absolute Gasteiger partial charge is 0.383 e. The van der Waals surface area contributed by atoms with Crippen molar-refractivity contribution < 1.29 is 19.0 Å². The second-order valence-corrected chi connectivity index (χ2v) is 8.31. The second kappa shape index (κ2) is 7.30. The maximum Gasteiger partial charge on any atom is 0.168 e. The van der Waals surface area contributed by atoms with Crippen molar-refractivity contribution in [3.63, 3.8) is 0 Å². The van der Waals surface area contributed by atoms with Gasteiger partial charge in [-0.2, -0.15) is 5.10 Å². The molecule has 2 aliphatic rings. The quantitative estimate of drug-likeness (QED) is 0.694. The molecule has 0 bridgehead atoms. The zero-order valence-electron chi connectivity index (χ0n) is 17.0. The van der Waals surface area contributed by atoms with E-state index in [-0.39, 0.29) is 5.82 Å². The fourth-order valence-electron chi connectivity index (χ4n) is 4.40. The monoisotopic (exact) mass is 408 g/mol. The molecule has 1 aromatic heterocycles. The van der Waals surface area contributed by atoms with E-state index in [4.69, 9.17) is 14.6 Å². The summed E-state index contributed by atoms with van der Waals surface area (Å²) < 4.78 is 26.9. The first kappa shape index (κ1) is 19.4. The van der Waals surface area contributed by atoms with Crippen LogP contribution in [0.2, 0.25) is 0 Å². The Bertz CT molecular complexity index is 964. The van der Waals surface area contributed by atoms with Crippen molar-refractivity contribution in [3.8, 4) is 16.9 Å². The molecule has 3 aromatic rings. The Labute approximate surface area is 175 Å². The van der Waals surface area contributed by atoms with Gasteiger partial charge in [0.2, 0.25) is 0 Å². The van der Waals surface area contributed by atoms with Crippen molar-refractivity contribution in [2.75, 3.05) is 13.2 Å². The van der Waals surface area contributed by atoms with Gasteiger partial charge < -0.3 is 14.6 Å². The lowest BCUT2D eigenvalue weighted by molar-refractivity contribution is -0.204.